The van der Waals surface area contributed by atoms with Crippen molar-refractivity contribution in [2.75, 3.05) is 18.2 Å². The molecule has 0 unspecified atom stereocenters. The van der Waals surface area contributed by atoms with Gasteiger partial charge in [0.1, 0.15) is 23.9 Å². The Hall–Kier alpha value is -4.21. The van der Waals surface area contributed by atoms with Crippen molar-refractivity contribution in [3.8, 4) is 5.75 Å². The van der Waals surface area contributed by atoms with Gasteiger partial charge in [-0.25, -0.2) is 13.6 Å². The number of rotatable bonds is 4. The van der Waals surface area contributed by atoms with Crippen LogP contribution in [0.3, 0.4) is 0 Å². The van der Waals surface area contributed by atoms with E-state index < -0.39 is 46.3 Å². The van der Waals surface area contributed by atoms with Gasteiger partial charge in [-0.2, -0.15) is 0 Å². The first kappa shape index (κ1) is 23.2. The molecule has 0 radical (unpaired) electrons. The Kier molecular flexibility index (Phi) is 5.29. The van der Waals surface area contributed by atoms with Gasteiger partial charge in [0.25, 0.3) is 5.91 Å². The van der Waals surface area contributed by atoms with Gasteiger partial charge >= 0.3 is 5.97 Å². The van der Waals surface area contributed by atoms with Crippen LogP contribution >= 0.6 is 0 Å². The summed E-state index contributed by atoms with van der Waals surface area (Å²) < 4.78 is 31.3. The Morgan fingerprint density at radius 3 is 2.11 bits per heavy atom. The number of pyridine rings is 1. The number of benzene rings is 2. The number of amides is 1. The lowest BCUT2D eigenvalue weighted by molar-refractivity contribution is 0.0654. The van der Waals surface area contributed by atoms with Crippen LogP contribution in [0.1, 0.15) is 62.0 Å². The maximum absolute atomic E-state index is 15.1. The van der Waals surface area contributed by atoms with Gasteiger partial charge in [-0.1, -0.05) is 24.3 Å². The number of carbonyl (C=O) groups excluding carboxylic acids is 1. The summed E-state index contributed by atoms with van der Waals surface area (Å²) in [5, 5.41) is 22.0. The van der Waals surface area contributed by atoms with Crippen LogP contribution in [0.4, 0.5) is 8.78 Å². The van der Waals surface area contributed by atoms with Gasteiger partial charge in [0.2, 0.25) is 5.43 Å². The molecular formula is C27H23F2N3O5. The standard InChI is InChI=1S/C27H23F2N3O5/c28-20-5-1-3-17-15(20)9-10-16-18(4-2-6-21(16)29)22(17)32-13-30(11-14-7-8-14)26(35)23-25(34)24(33)19(27(36)37)12-31(23)32/h1-6,12,14,22,34H,7-11,13H2,(H,36,37). The summed E-state index contributed by atoms with van der Waals surface area (Å²) in [6, 6.07) is 8.39. The first-order valence-electron chi connectivity index (χ1n) is 12.1. The summed E-state index contributed by atoms with van der Waals surface area (Å²) in [6.07, 6.45) is 3.37. The number of fused-ring (bicyclic) bond motifs is 3. The van der Waals surface area contributed by atoms with Gasteiger partial charge in [0.05, 0.1) is 6.04 Å². The van der Waals surface area contributed by atoms with E-state index in [9.17, 15) is 24.6 Å². The Balaban J connectivity index is 1.64. The highest BCUT2D eigenvalue weighted by Gasteiger charge is 2.41. The average Bonchev–Trinajstić information content (AvgIpc) is 3.69. The zero-order valence-electron chi connectivity index (χ0n) is 19.7. The molecule has 0 saturated heterocycles. The normalized spacial score (nSPS) is 17.2. The van der Waals surface area contributed by atoms with Crippen molar-refractivity contribution in [2.24, 2.45) is 5.92 Å². The molecule has 190 valence electrons. The number of carboxylic acids is 1. The minimum Gasteiger partial charge on any atom is -0.502 e. The molecule has 2 heterocycles. The largest absolute Gasteiger partial charge is 0.502 e. The lowest BCUT2D eigenvalue weighted by atomic mass is 9.93. The van der Waals surface area contributed by atoms with Gasteiger partial charge < -0.3 is 15.1 Å². The summed E-state index contributed by atoms with van der Waals surface area (Å²) in [5.74, 6) is -3.78. The fourth-order valence-corrected chi connectivity index (χ4v) is 5.49. The van der Waals surface area contributed by atoms with E-state index >= 15 is 8.78 Å². The van der Waals surface area contributed by atoms with Crippen molar-refractivity contribution in [3.63, 3.8) is 0 Å². The van der Waals surface area contributed by atoms with Crippen LogP contribution in [0.2, 0.25) is 0 Å². The van der Waals surface area contributed by atoms with Gasteiger partial charge in [-0.05, 0) is 66.0 Å². The Labute approximate surface area is 210 Å². The van der Waals surface area contributed by atoms with Gasteiger partial charge in [-0.15, -0.1) is 0 Å². The minimum atomic E-state index is -1.57. The molecule has 2 aliphatic carbocycles. The number of carbonyl (C=O) groups is 2. The van der Waals surface area contributed by atoms with Crippen molar-refractivity contribution in [2.45, 2.75) is 31.7 Å². The van der Waals surface area contributed by atoms with Crippen molar-refractivity contribution in [1.82, 2.24) is 9.58 Å². The van der Waals surface area contributed by atoms with E-state index in [1.165, 1.54) is 21.7 Å². The molecule has 0 bridgehead atoms. The summed E-state index contributed by atoms with van der Waals surface area (Å²) >= 11 is 0. The molecule has 1 aromatic heterocycles. The molecule has 0 spiro atoms. The van der Waals surface area contributed by atoms with Gasteiger partial charge in [0.15, 0.2) is 11.4 Å². The summed E-state index contributed by atoms with van der Waals surface area (Å²) in [5.41, 5.74) is -0.418. The highest BCUT2D eigenvalue weighted by atomic mass is 19.1. The Morgan fingerprint density at radius 1 is 0.973 bits per heavy atom. The van der Waals surface area contributed by atoms with Crippen LogP contribution in [-0.4, -0.2) is 44.9 Å². The van der Waals surface area contributed by atoms with E-state index in [4.69, 9.17) is 0 Å². The predicted molar refractivity (Wildman–Crippen MR) is 128 cm³/mol. The third kappa shape index (κ3) is 3.66. The van der Waals surface area contributed by atoms with Gasteiger partial charge in [0, 0.05) is 12.7 Å². The number of nitrogens with zero attached hydrogens (tertiary/aromatic N) is 3. The average molecular weight is 507 g/mol. The highest BCUT2D eigenvalue weighted by Crippen LogP contribution is 2.40. The van der Waals surface area contributed by atoms with Crippen molar-refractivity contribution >= 4 is 11.9 Å². The van der Waals surface area contributed by atoms with E-state index in [-0.39, 0.29) is 31.1 Å². The number of aromatic hydroxyl groups is 1. The number of aromatic carboxylic acids is 1. The molecule has 6 rings (SSSR count). The molecule has 1 aliphatic heterocycles. The summed E-state index contributed by atoms with van der Waals surface area (Å²) in [6.45, 7) is 0.336. The zero-order chi connectivity index (χ0) is 26.0. The second-order valence-electron chi connectivity index (χ2n) is 9.79. The van der Waals surface area contributed by atoms with Crippen LogP contribution in [0.15, 0.2) is 47.4 Å². The molecular weight excluding hydrogens is 484 g/mol. The van der Waals surface area contributed by atoms with E-state index in [0.29, 0.717) is 28.8 Å². The number of hydrogen-bond acceptors (Lipinski definition) is 5. The molecule has 1 fully saturated rings. The summed E-state index contributed by atoms with van der Waals surface area (Å²) in [4.78, 5) is 39.4. The zero-order valence-corrected chi connectivity index (χ0v) is 19.7. The third-order valence-electron chi connectivity index (χ3n) is 7.47. The second-order valence-corrected chi connectivity index (χ2v) is 9.79. The highest BCUT2D eigenvalue weighted by molar-refractivity contribution is 5.98. The van der Waals surface area contributed by atoms with Crippen LogP contribution in [0.5, 0.6) is 5.75 Å². The molecule has 3 aliphatic rings. The molecule has 0 atom stereocenters. The van der Waals surface area contributed by atoms with E-state index in [1.54, 1.807) is 29.3 Å². The van der Waals surface area contributed by atoms with Crippen LogP contribution < -0.4 is 10.4 Å². The third-order valence-corrected chi connectivity index (χ3v) is 7.47. The maximum Gasteiger partial charge on any atom is 0.341 e. The molecule has 2 aromatic carbocycles. The predicted octanol–water partition coefficient (Wildman–Crippen LogP) is 3.18. The van der Waals surface area contributed by atoms with Crippen LogP contribution in [-0.2, 0) is 12.8 Å². The first-order chi connectivity index (χ1) is 17.8. The van der Waals surface area contributed by atoms with Crippen LogP contribution in [0, 0.1) is 17.6 Å². The fourth-order valence-electron chi connectivity index (χ4n) is 5.49. The molecule has 37 heavy (non-hydrogen) atoms. The summed E-state index contributed by atoms with van der Waals surface area (Å²) in [7, 11) is 0. The monoisotopic (exact) mass is 507 g/mol. The lowest BCUT2D eigenvalue weighted by Crippen LogP contribution is -2.56. The molecule has 3 aromatic rings. The number of carboxylic acid groups (broad SMARTS) is 1. The number of hydrogen-bond donors (Lipinski definition) is 2. The molecule has 1 amide bonds. The van der Waals surface area contributed by atoms with Gasteiger partial charge in [-0.3, -0.25) is 19.3 Å². The Bertz CT molecular complexity index is 1480. The van der Waals surface area contributed by atoms with Crippen molar-refractivity contribution in [3.05, 3.63) is 98.0 Å². The molecule has 8 nitrogen and oxygen atoms in total. The lowest BCUT2D eigenvalue weighted by Gasteiger charge is -2.44. The van der Waals surface area contributed by atoms with Crippen molar-refractivity contribution < 1.29 is 28.6 Å². The minimum absolute atomic E-state index is 0.0414. The van der Waals surface area contributed by atoms with Crippen LogP contribution in [0.25, 0.3) is 0 Å². The number of halogens is 2. The quantitative estimate of drug-likeness (QED) is 0.563. The van der Waals surface area contributed by atoms with E-state index in [2.05, 4.69) is 0 Å². The smallest absolute Gasteiger partial charge is 0.341 e. The molecule has 1 saturated carbocycles. The molecule has 10 heteroatoms. The molecule has 2 N–H and O–H groups in total. The topological polar surface area (TPSA) is 103 Å². The SMILES string of the molecule is O=C(O)c1cn2c(c(O)c1=O)C(=O)N(CC1CC1)CN2C1c2cccc(F)c2CCc2c(F)cccc21. The number of aromatic nitrogens is 1. The fraction of sp³-hybridized carbons (Fsp3) is 0.296. The second kappa shape index (κ2) is 8.43. The van der Waals surface area contributed by atoms with E-state index in [0.717, 1.165) is 19.0 Å². The van der Waals surface area contributed by atoms with Crippen molar-refractivity contribution in [1.29, 1.82) is 0 Å². The Morgan fingerprint density at radius 2 is 1.57 bits per heavy atom. The first-order valence-corrected chi connectivity index (χ1v) is 12.1. The maximum atomic E-state index is 15.1. The van der Waals surface area contributed by atoms with E-state index in [1.807, 2.05) is 0 Å².